The van der Waals surface area contributed by atoms with Gasteiger partial charge in [0.1, 0.15) is 5.75 Å². The second kappa shape index (κ2) is 4.40. The predicted molar refractivity (Wildman–Crippen MR) is 51.7 cm³/mol. The maximum atomic E-state index is 12.3. The van der Waals surface area contributed by atoms with Crippen LogP contribution < -0.4 is 4.74 Å². The summed E-state index contributed by atoms with van der Waals surface area (Å²) in [7, 11) is 1.24. The maximum absolute atomic E-state index is 12.3. The highest BCUT2D eigenvalue weighted by atomic mass is 79.9. The fourth-order valence-corrected chi connectivity index (χ4v) is 1.69. The topological polar surface area (TPSA) is 29.5 Å². The van der Waals surface area contributed by atoms with Crippen molar-refractivity contribution in [2.75, 3.05) is 7.11 Å². The molecule has 0 amide bonds. The minimum atomic E-state index is -4.71. The summed E-state index contributed by atoms with van der Waals surface area (Å²) in [6.45, 7) is 0. The van der Waals surface area contributed by atoms with E-state index in [0.717, 1.165) is 0 Å². The van der Waals surface area contributed by atoms with Crippen LogP contribution in [0.25, 0.3) is 0 Å². The Morgan fingerprint density at radius 2 is 2.00 bits per heavy atom. The molecule has 0 bridgehead atoms. The van der Waals surface area contributed by atoms with Crippen LogP contribution in [0.5, 0.6) is 5.75 Å². The first kappa shape index (κ1) is 12.3. The summed E-state index contributed by atoms with van der Waals surface area (Å²) in [6.07, 6.45) is -7.26. The van der Waals surface area contributed by atoms with Gasteiger partial charge in [-0.1, -0.05) is 22.0 Å². The number of rotatable bonds is 2. The normalized spacial score (nSPS) is 13.7. The van der Waals surface area contributed by atoms with Gasteiger partial charge in [-0.3, -0.25) is 0 Å². The number of ether oxygens (including phenoxy) is 1. The summed E-state index contributed by atoms with van der Waals surface area (Å²) in [6, 6.07) is 4.29. The van der Waals surface area contributed by atoms with E-state index >= 15 is 0 Å². The molecule has 0 spiro atoms. The Morgan fingerprint density at radius 1 is 1.40 bits per heavy atom. The molecule has 1 aromatic rings. The largest absolute Gasteiger partial charge is 0.496 e. The quantitative estimate of drug-likeness (QED) is 0.905. The van der Waals surface area contributed by atoms with E-state index in [1.54, 1.807) is 0 Å². The number of aliphatic hydroxyl groups excluding tert-OH is 1. The number of hydrogen-bond donors (Lipinski definition) is 1. The smallest absolute Gasteiger partial charge is 0.418 e. The summed E-state index contributed by atoms with van der Waals surface area (Å²) in [5.41, 5.74) is -0.312. The molecular weight excluding hydrogens is 277 g/mol. The van der Waals surface area contributed by atoms with Gasteiger partial charge in [-0.05, 0) is 12.1 Å². The molecule has 1 aromatic carbocycles. The highest BCUT2D eigenvalue weighted by molar-refractivity contribution is 9.10. The molecule has 15 heavy (non-hydrogen) atoms. The van der Waals surface area contributed by atoms with Crippen molar-refractivity contribution in [1.29, 1.82) is 0 Å². The van der Waals surface area contributed by atoms with Gasteiger partial charge in [0.25, 0.3) is 0 Å². The van der Waals surface area contributed by atoms with Crippen LogP contribution in [-0.4, -0.2) is 18.4 Å². The lowest BCUT2D eigenvalue weighted by molar-refractivity contribution is -0.207. The Morgan fingerprint density at radius 3 is 2.47 bits per heavy atom. The van der Waals surface area contributed by atoms with Crippen molar-refractivity contribution in [2.24, 2.45) is 0 Å². The average Bonchev–Trinajstić information content (AvgIpc) is 2.15. The van der Waals surface area contributed by atoms with Crippen LogP contribution >= 0.6 is 15.9 Å². The van der Waals surface area contributed by atoms with E-state index < -0.39 is 12.3 Å². The molecule has 0 heterocycles. The number of halogens is 4. The van der Waals surface area contributed by atoms with Crippen molar-refractivity contribution in [2.45, 2.75) is 12.3 Å². The zero-order valence-corrected chi connectivity index (χ0v) is 9.26. The lowest BCUT2D eigenvalue weighted by Gasteiger charge is -2.18. The first-order valence-electron chi connectivity index (χ1n) is 3.95. The molecule has 0 aromatic heterocycles. The van der Waals surface area contributed by atoms with Crippen molar-refractivity contribution >= 4 is 15.9 Å². The van der Waals surface area contributed by atoms with E-state index in [4.69, 9.17) is 9.84 Å². The minimum Gasteiger partial charge on any atom is -0.496 e. The molecule has 2 nitrogen and oxygen atoms in total. The number of alkyl halides is 3. The molecule has 0 saturated carbocycles. The first-order chi connectivity index (χ1) is 6.88. The fraction of sp³-hybridized carbons (Fsp3) is 0.333. The Balaban J connectivity index is 3.23. The monoisotopic (exact) mass is 284 g/mol. The van der Waals surface area contributed by atoms with Gasteiger partial charge in [0.2, 0.25) is 0 Å². The van der Waals surface area contributed by atoms with E-state index in [1.807, 2.05) is 0 Å². The van der Waals surface area contributed by atoms with E-state index in [9.17, 15) is 13.2 Å². The van der Waals surface area contributed by atoms with Crippen molar-refractivity contribution < 1.29 is 23.0 Å². The van der Waals surface area contributed by atoms with Crippen LogP contribution in [0.4, 0.5) is 13.2 Å². The summed E-state index contributed by atoms with van der Waals surface area (Å²) in [5, 5.41) is 9.11. The summed E-state index contributed by atoms with van der Waals surface area (Å²) >= 11 is 2.94. The van der Waals surface area contributed by atoms with Gasteiger partial charge in [-0.15, -0.1) is 0 Å². The molecular formula is C9H8BrF3O2. The Labute approximate surface area is 92.8 Å². The molecule has 6 heteroatoms. The minimum absolute atomic E-state index is 0.00537. The van der Waals surface area contributed by atoms with Gasteiger partial charge in [-0.25, -0.2) is 0 Å². The summed E-state index contributed by atoms with van der Waals surface area (Å²) < 4.78 is 41.8. The van der Waals surface area contributed by atoms with Gasteiger partial charge in [0.15, 0.2) is 6.10 Å². The maximum Gasteiger partial charge on any atom is 0.418 e. The van der Waals surface area contributed by atoms with Gasteiger partial charge in [0.05, 0.1) is 7.11 Å². The number of methoxy groups -OCH3 is 1. The zero-order valence-electron chi connectivity index (χ0n) is 7.68. The SMILES string of the molecule is COc1cccc(Br)c1[C@H](O)C(F)(F)F. The van der Waals surface area contributed by atoms with E-state index in [0.29, 0.717) is 0 Å². The Bertz CT molecular complexity index is 352. The first-order valence-corrected chi connectivity index (χ1v) is 4.74. The van der Waals surface area contributed by atoms with Gasteiger partial charge in [-0.2, -0.15) is 13.2 Å². The highest BCUT2D eigenvalue weighted by Gasteiger charge is 2.41. The average molecular weight is 285 g/mol. The van der Waals surface area contributed by atoms with Crippen molar-refractivity contribution in [3.63, 3.8) is 0 Å². The van der Waals surface area contributed by atoms with E-state index in [-0.39, 0.29) is 15.8 Å². The second-order valence-corrected chi connectivity index (χ2v) is 3.65. The van der Waals surface area contributed by atoms with Gasteiger partial charge in [0, 0.05) is 10.0 Å². The van der Waals surface area contributed by atoms with Crippen LogP contribution in [0.2, 0.25) is 0 Å². The van der Waals surface area contributed by atoms with Crippen LogP contribution in [0.15, 0.2) is 22.7 Å². The van der Waals surface area contributed by atoms with Crippen LogP contribution in [0.3, 0.4) is 0 Å². The van der Waals surface area contributed by atoms with Crippen molar-refractivity contribution in [1.82, 2.24) is 0 Å². The Hall–Kier alpha value is -0.750. The van der Waals surface area contributed by atoms with Crippen molar-refractivity contribution in [3.8, 4) is 5.75 Å². The van der Waals surface area contributed by atoms with Crippen LogP contribution in [0.1, 0.15) is 11.7 Å². The third kappa shape index (κ3) is 2.63. The second-order valence-electron chi connectivity index (χ2n) is 2.80. The molecule has 1 atom stereocenters. The molecule has 0 saturated heterocycles. The summed E-state index contributed by atoms with van der Waals surface area (Å²) in [4.78, 5) is 0. The lowest BCUT2D eigenvalue weighted by atomic mass is 10.1. The van der Waals surface area contributed by atoms with E-state index in [1.165, 1.54) is 25.3 Å². The zero-order chi connectivity index (χ0) is 11.6. The molecule has 84 valence electrons. The molecule has 0 fully saturated rings. The molecule has 1 N–H and O–H groups in total. The molecule has 0 aliphatic heterocycles. The van der Waals surface area contributed by atoms with Gasteiger partial charge < -0.3 is 9.84 Å². The molecule has 0 aliphatic rings. The number of hydrogen-bond acceptors (Lipinski definition) is 2. The third-order valence-electron chi connectivity index (χ3n) is 1.82. The lowest BCUT2D eigenvalue weighted by Crippen LogP contribution is -2.21. The van der Waals surface area contributed by atoms with Crippen molar-refractivity contribution in [3.05, 3.63) is 28.2 Å². The van der Waals surface area contributed by atoms with Crippen LogP contribution in [-0.2, 0) is 0 Å². The standard InChI is InChI=1S/C9H8BrF3O2/c1-15-6-4-2-3-5(10)7(6)8(14)9(11,12)13/h2-4,8,14H,1H3/t8-/m0/s1. The third-order valence-corrected chi connectivity index (χ3v) is 2.51. The number of aliphatic hydroxyl groups is 1. The molecule has 0 unspecified atom stereocenters. The highest BCUT2D eigenvalue weighted by Crippen LogP contribution is 2.40. The molecule has 0 radical (unpaired) electrons. The molecule has 0 aliphatic carbocycles. The van der Waals surface area contributed by atoms with Crippen LogP contribution in [0, 0.1) is 0 Å². The fourth-order valence-electron chi connectivity index (χ4n) is 1.12. The van der Waals surface area contributed by atoms with E-state index in [2.05, 4.69) is 15.9 Å². The van der Waals surface area contributed by atoms with Gasteiger partial charge >= 0.3 is 6.18 Å². The molecule has 1 rings (SSSR count). The predicted octanol–water partition coefficient (Wildman–Crippen LogP) is 3.05. The Kier molecular flexibility index (Phi) is 3.62. The number of benzene rings is 1. The summed E-state index contributed by atoms with van der Waals surface area (Å²) in [5.74, 6) is -0.00537.